The fraction of sp³-hybridized carbons (Fsp3) is 0.650. The van der Waals surface area contributed by atoms with Crippen LogP contribution in [0, 0.1) is 5.92 Å². The van der Waals surface area contributed by atoms with Gasteiger partial charge in [-0.1, -0.05) is 38.1 Å². The Labute approximate surface area is 140 Å². The van der Waals surface area contributed by atoms with Crippen LogP contribution in [0.3, 0.4) is 0 Å². The summed E-state index contributed by atoms with van der Waals surface area (Å²) in [5.41, 5.74) is 2.86. The lowest BCUT2D eigenvalue weighted by Gasteiger charge is -2.35. The molecule has 1 amide bonds. The summed E-state index contributed by atoms with van der Waals surface area (Å²) in [6.07, 6.45) is 4.23. The van der Waals surface area contributed by atoms with Gasteiger partial charge in [0.25, 0.3) is 0 Å². The number of nitrogens with zero attached hydrogens (tertiary/aromatic N) is 2. The van der Waals surface area contributed by atoms with E-state index in [4.69, 9.17) is 0 Å². The number of carbonyl (C=O) groups is 1. The van der Waals surface area contributed by atoms with Gasteiger partial charge in [0.15, 0.2) is 0 Å². The van der Waals surface area contributed by atoms with E-state index in [1.54, 1.807) is 0 Å². The number of amides is 1. The van der Waals surface area contributed by atoms with Crippen molar-refractivity contribution in [3.63, 3.8) is 0 Å². The standard InChI is InChI=1S/C20H30N2O/c1-16(2)9-10-21-11-13-22(14-12-21)20(23)15-18-8-7-17-5-3-4-6-19(17)18/h3-6,16,18H,7-15H2,1-2H3. The SMILES string of the molecule is CC(C)CCN1CCN(C(=O)CC2CCc3ccccc32)CC1. The number of carbonyl (C=O) groups excluding carboxylic acids is 1. The third-order valence-electron chi connectivity index (χ3n) is 5.43. The Bertz CT molecular complexity index is 532. The fourth-order valence-corrected chi connectivity index (χ4v) is 3.86. The van der Waals surface area contributed by atoms with Crippen molar-refractivity contribution >= 4 is 5.91 Å². The second-order valence-corrected chi connectivity index (χ2v) is 7.54. The maximum Gasteiger partial charge on any atom is 0.223 e. The highest BCUT2D eigenvalue weighted by molar-refractivity contribution is 5.77. The molecule has 1 saturated heterocycles. The summed E-state index contributed by atoms with van der Waals surface area (Å²) in [6.45, 7) is 9.63. The highest BCUT2D eigenvalue weighted by Crippen LogP contribution is 2.35. The summed E-state index contributed by atoms with van der Waals surface area (Å²) < 4.78 is 0. The van der Waals surface area contributed by atoms with E-state index < -0.39 is 0 Å². The molecule has 23 heavy (non-hydrogen) atoms. The Kier molecular flexibility index (Phi) is 5.37. The quantitative estimate of drug-likeness (QED) is 0.832. The van der Waals surface area contributed by atoms with Gasteiger partial charge in [-0.3, -0.25) is 9.69 Å². The van der Waals surface area contributed by atoms with E-state index in [0.29, 0.717) is 18.2 Å². The molecular formula is C20H30N2O. The number of fused-ring (bicyclic) bond motifs is 1. The van der Waals surface area contributed by atoms with Crippen molar-refractivity contribution in [2.75, 3.05) is 32.7 Å². The van der Waals surface area contributed by atoms with Crippen LogP contribution in [-0.4, -0.2) is 48.4 Å². The first-order valence-corrected chi connectivity index (χ1v) is 9.21. The zero-order chi connectivity index (χ0) is 16.2. The average Bonchev–Trinajstić information content (AvgIpc) is 2.96. The normalized spacial score (nSPS) is 21.7. The average molecular weight is 314 g/mol. The summed E-state index contributed by atoms with van der Waals surface area (Å²) >= 11 is 0. The van der Waals surface area contributed by atoms with Gasteiger partial charge in [-0.15, -0.1) is 0 Å². The van der Waals surface area contributed by atoms with Gasteiger partial charge in [0.05, 0.1) is 0 Å². The number of hydrogen-bond donors (Lipinski definition) is 0. The minimum Gasteiger partial charge on any atom is -0.340 e. The zero-order valence-corrected chi connectivity index (χ0v) is 14.6. The van der Waals surface area contributed by atoms with E-state index in [1.165, 1.54) is 24.1 Å². The van der Waals surface area contributed by atoms with Gasteiger partial charge in [-0.25, -0.2) is 0 Å². The van der Waals surface area contributed by atoms with Gasteiger partial charge in [0.2, 0.25) is 5.91 Å². The van der Waals surface area contributed by atoms with Gasteiger partial charge >= 0.3 is 0 Å². The second-order valence-electron chi connectivity index (χ2n) is 7.54. The Morgan fingerprint density at radius 2 is 1.91 bits per heavy atom. The van der Waals surface area contributed by atoms with Crippen molar-refractivity contribution in [1.82, 2.24) is 9.80 Å². The molecule has 0 bridgehead atoms. The summed E-state index contributed by atoms with van der Waals surface area (Å²) in [5, 5.41) is 0. The number of piperazine rings is 1. The first-order valence-electron chi connectivity index (χ1n) is 9.21. The van der Waals surface area contributed by atoms with E-state index in [2.05, 4.69) is 47.9 Å². The molecule has 3 nitrogen and oxygen atoms in total. The topological polar surface area (TPSA) is 23.6 Å². The number of aryl methyl sites for hydroxylation is 1. The minimum atomic E-state index is 0.357. The van der Waals surface area contributed by atoms with Gasteiger partial charge in [-0.05, 0) is 48.8 Å². The van der Waals surface area contributed by atoms with Crippen molar-refractivity contribution in [2.24, 2.45) is 5.92 Å². The van der Waals surface area contributed by atoms with Crippen LogP contribution in [-0.2, 0) is 11.2 Å². The first-order chi connectivity index (χ1) is 11.1. The van der Waals surface area contributed by atoms with Crippen LogP contribution in [0.4, 0.5) is 0 Å². The Hall–Kier alpha value is -1.35. The molecule has 0 radical (unpaired) electrons. The van der Waals surface area contributed by atoms with Crippen LogP contribution in [0.5, 0.6) is 0 Å². The smallest absolute Gasteiger partial charge is 0.223 e. The van der Waals surface area contributed by atoms with Crippen LogP contribution in [0.1, 0.15) is 50.2 Å². The van der Waals surface area contributed by atoms with Gasteiger partial charge < -0.3 is 4.90 Å². The van der Waals surface area contributed by atoms with Crippen molar-refractivity contribution in [3.05, 3.63) is 35.4 Å². The molecule has 0 saturated carbocycles. The highest BCUT2D eigenvalue weighted by atomic mass is 16.2. The predicted molar refractivity (Wildman–Crippen MR) is 94.6 cm³/mol. The molecule has 3 rings (SSSR count). The lowest BCUT2D eigenvalue weighted by Crippen LogP contribution is -2.49. The number of rotatable bonds is 5. The van der Waals surface area contributed by atoms with E-state index in [1.807, 2.05) is 0 Å². The lowest BCUT2D eigenvalue weighted by molar-refractivity contribution is -0.133. The molecular weight excluding hydrogens is 284 g/mol. The summed E-state index contributed by atoms with van der Waals surface area (Å²) in [6, 6.07) is 8.64. The molecule has 1 aliphatic heterocycles. The summed E-state index contributed by atoms with van der Waals surface area (Å²) in [7, 11) is 0. The minimum absolute atomic E-state index is 0.357. The van der Waals surface area contributed by atoms with Gasteiger partial charge in [-0.2, -0.15) is 0 Å². The molecule has 0 aromatic heterocycles. The second kappa shape index (κ2) is 7.48. The monoisotopic (exact) mass is 314 g/mol. The fourth-order valence-electron chi connectivity index (χ4n) is 3.86. The summed E-state index contributed by atoms with van der Waals surface area (Å²) in [5.74, 6) is 1.56. The molecule has 1 heterocycles. The maximum absolute atomic E-state index is 12.6. The third kappa shape index (κ3) is 4.14. The van der Waals surface area contributed by atoms with Crippen LogP contribution < -0.4 is 0 Å². The zero-order valence-electron chi connectivity index (χ0n) is 14.6. The molecule has 3 heteroatoms. The van der Waals surface area contributed by atoms with Crippen LogP contribution in [0.25, 0.3) is 0 Å². The molecule has 2 aliphatic rings. The Balaban J connectivity index is 1.47. The van der Waals surface area contributed by atoms with Crippen LogP contribution in [0.15, 0.2) is 24.3 Å². The molecule has 0 spiro atoms. The molecule has 0 N–H and O–H groups in total. The van der Waals surface area contributed by atoms with Gasteiger partial charge in [0, 0.05) is 32.6 Å². The predicted octanol–water partition coefficient (Wildman–Crippen LogP) is 3.30. The molecule has 126 valence electrons. The molecule has 1 fully saturated rings. The van der Waals surface area contributed by atoms with E-state index in [-0.39, 0.29) is 0 Å². The molecule has 1 aromatic rings. The number of hydrogen-bond acceptors (Lipinski definition) is 2. The molecule has 1 atom stereocenters. The summed E-state index contributed by atoms with van der Waals surface area (Å²) in [4.78, 5) is 17.2. The number of benzene rings is 1. The highest BCUT2D eigenvalue weighted by Gasteiger charge is 2.27. The third-order valence-corrected chi connectivity index (χ3v) is 5.43. The maximum atomic E-state index is 12.6. The molecule has 1 aromatic carbocycles. The first kappa shape index (κ1) is 16.5. The largest absolute Gasteiger partial charge is 0.340 e. The van der Waals surface area contributed by atoms with Crippen molar-refractivity contribution < 1.29 is 4.79 Å². The van der Waals surface area contributed by atoms with Crippen molar-refractivity contribution in [2.45, 2.75) is 45.4 Å². The Morgan fingerprint density at radius 1 is 1.17 bits per heavy atom. The van der Waals surface area contributed by atoms with Gasteiger partial charge in [0.1, 0.15) is 0 Å². The molecule has 1 aliphatic carbocycles. The van der Waals surface area contributed by atoms with E-state index in [0.717, 1.165) is 44.9 Å². The van der Waals surface area contributed by atoms with Crippen LogP contribution in [0.2, 0.25) is 0 Å². The van der Waals surface area contributed by atoms with Crippen LogP contribution >= 0.6 is 0 Å². The van der Waals surface area contributed by atoms with Crippen molar-refractivity contribution in [1.29, 1.82) is 0 Å². The van der Waals surface area contributed by atoms with E-state index >= 15 is 0 Å². The Morgan fingerprint density at radius 3 is 2.65 bits per heavy atom. The van der Waals surface area contributed by atoms with Crippen molar-refractivity contribution in [3.8, 4) is 0 Å². The van der Waals surface area contributed by atoms with E-state index in [9.17, 15) is 4.79 Å². The lowest BCUT2D eigenvalue weighted by atomic mass is 9.97. The molecule has 1 unspecified atom stereocenters.